The SMILES string of the molecule is O=C1CC[C@@H](C(=O)N[C@H](Cc2ccc(I)cc2)C(=O)O)N1. The normalized spacial score (nSPS) is 18.9. The molecule has 1 heterocycles. The second-order valence-electron chi connectivity index (χ2n) is 4.89. The smallest absolute Gasteiger partial charge is 0.326 e. The lowest BCUT2D eigenvalue weighted by Gasteiger charge is -2.17. The number of hydrogen-bond acceptors (Lipinski definition) is 3. The Bertz CT molecular complexity index is 559. The van der Waals surface area contributed by atoms with E-state index in [-0.39, 0.29) is 12.3 Å². The number of rotatable bonds is 5. The highest BCUT2D eigenvalue weighted by Crippen LogP contribution is 2.10. The van der Waals surface area contributed by atoms with Crippen LogP contribution in [0.2, 0.25) is 0 Å². The molecule has 0 unspecified atom stereocenters. The van der Waals surface area contributed by atoms with Gasteiger partial charge in [0.05, 0.1) is 0 Å². The zero-order chi connectivity index (χ0) is 15.4. The highest BCUT2D eigenvalue weighted by Gasteiger charge is 2.30. The average molecular weight is 402 g/mol. The van der Waals surface area contributed by atoms with Crippen molar-refractivity contribution in [2.24, 2.45) is 0 Å². The molecule has 7 heteroatoms. The number of benzene rings is 1. The van der Waals surface area contributed by atoms with Gasteiger partial charge in [-0.2, -0.15) is 0 Å². The van der Waals surface area contributed by atoms with E-state index < -0.39 is 24.0 Å². The van der Waals surface area contributed by atoms with Crippen molar-refractivity contribution >= 4 is 40.4 Å². The molecule has 0 aliphatic carbocycles. The Balaban J connectivity index is 1.99. The van der Waals surface area contributed by atoms with E-state index in [1.807, 2.05) is 24.3 Å². The van der Waals surface area contributed by atoms with Gasteiger partial charge in [0.25, 0.3) is 0 Å². The molecule has 1 aliphatic rings. The van der Waals surface area contributed by atoms with E-state index in [2.05, 4.69) is 33.2 Å². The summed E-state index contributed by atoms with van der Waals surface area (Å²) in [7, 11) is 0. The minimum Gasteiger partial charge on any atom is -0.480 e. The number of carboxylic acids is 1. The van der Waals surface area contributed by atoms with Crippen LogP contribution >= 0.6 is 22.6 Å². The minimum absolute atomic E-state index is 0.181. The fourth-order valence-corrected chi connectivity index (χ4v) is 2.50. The van der Waals surface area contributed by atoms with Crippen molar-refractivity contribution in [1.29, 1.82) is 0 Å². The van der Waals surface area contributed by atoms with Crippen LogP contribution in [0.3, 0.4) is 0 Å². The van der Waals surface area contributed by atoms with Crippen LogP contribution in [-0.4, -0.2) is 35.0 Å². The van der Waals surface area contributed by atoms with E-state index in [4.69, 9.17) is 0 Å². The van der Waals surface area contributed by atoms with Crippen molar-refractivity contribution in [2.45, 2.75) is 31.3 Å². The molecular weight excluding hydrogens is 387 g/mol. The third kappa shape index (κ3) is 4.42. The van der Waals surface area contributed by atoms with Gasteiger partial charge in [0.15, 0.2) is 0 Å². The molecule has 2 amide bonds. The van der Waals surface area contributed by atoms with Gasteiger partial charge in [-0.25, -0.2) is 4.79 Å². The highest BCUT2D eigenvalue weighted by molar-refractivity contribution is 14.1. The van der Waals surface area contributed by atoms with Gasteiger partial charge in [0.1, 0.15) is 12.1 Å². The van der Waals surface area contributed by atoms with Gasteiger partial charge >= 0.3 is 5.97 Å². The Hall–Kier alpha value is -1.64. The number of nitrogens with one attached hydrogen (secondary N) is 2. The van der Waals surface area contributed by atoms with E-state index in [9.17, 15) is 19.5 Å². The van der Waals surface area contributed by atoms with Gasteiger partial charge in [-0.1, -0.05) is 12.1 Å². The maximum absolute atomic E-state index is 12.0. The van der Waals surface area contributed by atoms with Crippen LogP contribution in [0.25, 0.3) is 0 Å². The molecule has 112 valence electrons. The second kappa shape index (κ2) is 6.88. The molecule has 0 aromatic heterocycles. The summed E-state index contributed by atoms with van der Waals surface area (Å²) >= 11 is 2.16. The maximum Gasteiger partial charge on any atom is 0.326 e. The van der Waals surface area contributed by atoms with Gasteiger partial charge in [-0.3, -0.25) is 9.59 Å². The second-order valence-corrected chi connectivity index (χ2v) is 6.13. The molecule has 3 N–H and O–H groups in total. The van der Waals surface area contributed by atoms with E-state index in [1.165, 1.54) is 0 Å². The molecule has 6 nitrogen and oxygen atoms in total. The van der Waals surface area contributed by atoms with Crippen molar-refractivity contribution in [3.05, 3.63) is 33.4 Å². The third-order valence-electron chi connectivity index (χ3n) is 3.28. The molecule has 1 aromatic rings. The van der Waals surface area contributed by atoms with Gasteiger partial charge in [-0.15, -0.1) is 0 Å². The summed E-state index contributed by atoms with van der Waals surface area (Å²) < 4.78 is 1.06. The Labute approximate surface area is 135 Å². The summed E-state index contributed by atoms with van der Waals surface area (Å²) in [5.74, 6) is -1.72. The van der Waals surface area contributed by atoms with E-state index in [0.717, 1.165) is 9.13 Å². The summed E-state index contributed by atoms with van der Waals surface area (Å²) in [6.07, 6.45) is 0.909. The predicted molar refractivity (Wildman–Crippen MR) is 83.6 cm³/mol. The molecule has 0 bridgehead atoms. The van der Waals surface area contributed by atoms with Crippen molar-refractivity contribution in [3.8, 4) is 0 Å². The number of carbonyl (C=O) groups excluding carboxylic acids is 2. The number of carboxylic acid groups (broad SMARTS) is 1. The first kappa shape index (κ1) is 15.7. The zero-order valence-corrected chi connectivity index (χ0v) is 13.3. The lowest BCUT2D eigenvalue weighted by molar-refractivity contribution is -0.142. The molecule has 1 aromatic carbocycles. The topological polar surface area (TPSA) is 95.5 Å². The monoisotopic (exact) mass is 402 g/mol. The number of carbonyl (C=O) groups is 3. The summed E-state index contributed by atoms with van der Waals surface area (Å²) in [5, 5.41) is 14.2. The van der Waals surface area contributed by atoms with Crippen LogP contribution in [0.1, 0.15) is 18.4 Å². The molecular formula is C14H15IN2O4. The third-order valence-corrected chi connectivity index (χ3v) is 4.00. The first-order chi connectivity index (χ1) is 9.95. The van der Waals surface area contributed by atoms with Gasteiger partial charge < -0.3 is 15.7 Å². The average Bonchev–Trinajstić information content (AvgIpc) is 2.87. The Morgan fingerprint density at radius 1 is 1.38 bits per heavy atom. The van der Waals surface area contributed by atoms with Crippen LogP contribution in [0.15, 0.2) is 24.3 Å². The number of hydrogen-bond donors (Lipinski definition) is 3. The molecule has 1 fully saturated rings. The minimum atomic E-state index is -1.09. The summed E-state index contributed by atoms with van der Waals surface area (Å²) in [6, 6.07) is 5.80. The van der Waals surface area contributed by atoms with Crippen LogP contribution < -0.4 is 10.6 Å². The van der Waals surface area contributed by atoms with Gasteiger partial charge in [0.2, 0.25) is 11.8 Å². The summed E-state index contributed by atoms with van der Waals surface area (Å²) in [5.41, 5.74) is 0.832. The largest absolute Gasteiger partial charge is 0.480 e. The molecule has 2 rings (SSSR count). The lowest BCUT2D eigenvalue weighted by atomic mass is 10.1. The van der Waals surface area contributed by atoms with E-state index in [0.29, 0.717) is 12.8 Å². The van der Waals surface area contributed by atoms with E-state index in [1.54, 1.807) is 0 Å². The lowest BCUT2D eigenvalue weighted by Crippen LogP contribution is -2.49. The van der Waals surface area contributed by atoms with Crippen molar-refractivity contribution in [3.63, 3.8) is 0 Å². The van der Waals surface area contributed by atoms with E-state index >= 15 is 0 Å². The van der Waals surface area contributed by atoms with Crippen LogP contribution in [0.4, 0.5) is 0 Å². The molecule has 1 aliphatic heterocycles. The van der Waals surface area contributed by atoms with Gasteiger partial charge in [-0.05, 0) is 46.7 Å². The van der Waals surface area contributed by atoms with Crippen LogP contribution in [0, 0.1) is 3.57 Å². The van der Waals surface area contributed by atoms with Crippen molar-refractivity contribution in [2.75, 3.05) is 0 Å². The zero-order valence-electron chi connectivity index (χ0n) is 11.1. The first-order valence-corrected chi connectivity index (χ1v) is 7.60. The van der Waals surface area contributed by atoms with Crippen LogP contribution in [0.5, 0.6) is 0 Å². The molecule has 0 radical (unpaired) electrons. The Morgan fingerprint density at radius 2 is 2.05 bits per heavy atom. The summed E-state index contributed by atoms with van der Waals surface area (Å²) in [4.78, 5) is 34.3. The van der Waals surface area contributed by atoms with Gasteiger partial charge in [0, 0.05) is 16.4 Å². The first-order valence-electron chi connectivity index (χ1n) is 6.52. The highest BCUT2D eigenvalue weighted by atomic mass is 127. The molecule has 0 spiro atoms. The Morgan fingerprint density at radius 3 is 2.57 bits per heavy atom. The number of halogens is 1. The maximum atomic E-state index is 12.0. The predicted octanol–water partition coefficient (Wildman–Crippen LogP) is 0.682. The molecule has 2 atom stereocenters. The fraction of sp³-hybridized carbons (Fsp3) is 0.357. The van der Waals surface area contributed by atoms with Crippen molar-refractivity contribution < 1.29 is 19.5 Å². The number of amides is 2. The fourth-order valence-electron chi connectivity index (χ4n) is 2.14. The van der Waals surface area contributed by atoms with Crippen molar-refractivity contribution in [1.82, 2.24) is 10.6 Å². The molecule has 1 saturated heterocycles. The summed E-state index contributed by atoms with van der Waals surface area (Å²) in [6.45, 7) is 0. The Kier molecular flexibility index (Phi) is 5.16. The standard InChI is InChI=1S/C14H15IN2O4/c15-9-3-1-8(2-4-9)7-11(14(20)21)17-13(19)10-5-6-12(18)16-10/h1-4,10-11H,5-7H2,(H,16,18)(H,17,19)(H,20,21)/t10-,11+/m0/s1. The quantitative estimate of drug-likeness (QED) is 0.632. The number of aliphatic carboxylic acids is 1. The molecule has 0 saturated carbocycles. The van der Waals surface area contributed by atoms with Crippen LogP contribution in [-0.2, 0) is 20.8 Å². The molecule has 21 heavy (non-hydrogen) atoms.